The molecule has 35 heavy (non-hydrogen) atoms. The number of aromatic nitrogens is 2. The molecule has 1 N–H and O–H groups in total. The van der Waals surface area contributed by atoms with Gasteiger partial charge in [0.05, 0.1) is 32.9 Å². The lowest BCUT2D eigenvalue weighted by atomic mass is 10.0. The van der Waals surface area contributed by atoms with Gasteiger partial charge < -0.3 is 19.7 Å². The first kappa shape index (κ1) is 22.5. The fourth-order valence-electron chi connectivity index (χ4n) is 4.51. The third-order valence-corrected chi connectivity index (χ3v) is 6.34. The first-order valence-corrected chi connectivity index (χ1v) is 11.4. The summed E-state index contributed by atoms with van der Waals surface area (Å²) in [6.07, 6.45) is 1.80. The van der Waals surface area contributed by atoms with Crippen molar-refractivity contribution in [2.24, 2.45) is 5.92 Å². The molecule has 1 aliphatic heterocycles. The molecule has 0 radical (unpaired) electrons. The van der Waals surface area contributed by atoms with Crippen molar-refractivity contribution < 1.29 is 19.1 Å². The normalized spacial score (nSPS) is 15.4. The molecular formula is C27H26N4O4. The Labute approximate surface area is 203 Å². The molecule has 0 aliphatic carbocycles. The molecular weight excluding hydrogens is 444 g/mol. The van der Waals surface area contributed by atoms with E-state index in [1.807, 2.05) is 18.2 Å². The first-order valence-electron chi connectivity index (χ1n) is 11.4. The van der Waals surface area contributed by atoms with Gasteiger partial charge in [-0.1, -0.05) is 42.5 Å². The van der Waals surface area contributed by atoms with Crippen LogP contribution in [0.15, 0.2) is 72.9 Å². The third-order valence-electron chi connectivity index (χ3n) is 6.34. The molecule has 1 saturated heterocycles. The highest BCUT2D eigenvalue weighted by atomic mass is 16.5. The van der Waals surface area contributed by atoms with Crippen molar-refractivity contribution in [1.29, 1.82) is 0 Å². The number of rotatable bonds is 7. The topological polar surface area (TPSA) is 85.7 Å². The van der Waals surface area contributed by atoms with E-state index in [-0.39, 0.29) is 24.8 Å². The maximum Gasteiger partial charge on any atom is 0.230 e. The Balaban J connectivity index is 1.30. The molecule has 4 aromatic rings. The summed E-state index contributed by atoms with van der Waals surface area (Å²) in [5.41, 5.74) is 1.78. The average Bonchev–Trinajstić information content (AvgIpc) is 3.49. The molecule has 5 rings (SSSR count). The smallest absolute Gasteiger partial charge is 0.230 e. The Morgan fingerprint density at radius 3 is 2.66 bits per heavy atom. The molecule has 1 aromatic heterocycles. The van der Waals surface area contributed by atoms with Gasteiger partial charge in [0.1, 0.15) is 5.82 Å². The number of ether oxygens (including phenoxy) is 2. The summed E-state index contributed by atoms with van der Waals surface area (Å²) >= 11 is 0. The molecule has 1 fully saturated rings. The van der Waals surface area contributed by atoms with E-state index in [2.05, 4.69) is 34.7 Å². The minimum absolute atomic E-state index is 0.110. The molecule has 2 heterocycles. The van der Waals surface area contributed by atoms with Crippen molar-refractivity contribution in [3.05, 3.63) is 78.5 Å². The van der Waals surface area contributed by atoms with Crippen LogP contribution in [0.4, 0.5) is 11.5 Å². The third kappa shape index (κ3) is 4.42. The number of carbonyl (C=O) groups excluding carboxylic acids is 2. The molecule has 1 unspecified atom stereocenters. The largest absolute Gasteiger partial charge is 0.493 e. The van der Waals surface area contributed by atoms with Crippen LogP contribution in [0.2, 0.25) is 0 Å². The predicted octanol–water partition coefficient (Wildman–Crippen LogP) is 4.09. The monoisotopic (exact) mass is 470 g/mol. The second kappa shape index (κ2) is 9.50. The lowest BCUT2D eigenvalue weighted by Gasteiger charge is -2.18. The lowest BCUT2D eigenvalue weighted by molar-refractivity contribution is -0.122. The lowest BCUT2D eigenvalue weighted by Crippen LogP contribution is -2.28. The summed E-state index contributed by atoms with van der Waals surface area (Å²) in [6.45, 7) is 0.808. The van der Waals surface area contributed by atoms with E-state index in [4.69, 9.17) is 9.47 Å². The van der Waals surface area contributed by atoms with Gasteiger partial charge in [-0.05, 0) is 28.5 Å². The molecule has 1 aliphatic rings. The van der Waals surface area contributed by atoms with Crippen molar-refractivity contribution in [3.8, 4) is 11.5 Å². The van der Waals surface area contributed by atoms with Crippen LogP contribution in [0.25, 0.3) is 10.8 Å². The summed E-state index contributed by atoms with van der Waals surface area (Å²) in [4.78, 5) is 27.4. The summed E-state index contributed by atoms with van der Waals surface area (Å²) in [5, 5.41) is 9.68. The van der Waals surface area contributed by atoms with Gasteiger partial charge in [0.25, 0.3) is 0 Å². The molecule has 1 atom stereocenters. The van der Waals surface area contributed by atoms with E-state index in [1.54, 1.807) is 54.3 Å². The maximum absolute atomic E-state index is 13.1. The van der Waals surface area contributed by atoms with Gasteiger partial charge in [0.2, 0.25) is 11.8 Å². The zero-order valence-electron chi connectivity index (χ0n) is 19.6. The fraction of sp³-hybridized carbons (Fsp3) is 0.222. The van der Waals surface area contributed by atoms with E-state index >= 15 is 0 Å². The number of methoxy groups -OCH3 is 2. The SMILES string of the molecule is COc1ccc(N2CC(C(=O)Nc3ccnn3Cc3cccc4ccccc34)CC2=O)cc1OC. The van der Waals surface area contributed by atoms with E-state index < -0.39 is 5.92 Å². The number of anilines is 2. The molecule has 3 aromatic carbocycles. The zero-order valence-corrected chi connectivity index (χ0v) is 19.6. The molecule has 8 nitrogen and oxygen atoms in total. The number of nitrogens with zero attached hydrogens (tertiary/aromatic N) is 3. The average molecular weight is 471 g/mol. The van der Waals surface area contributed by atoms with Crippen molar-refractivity contribution in [2.45, 2.75) is 13.0 Å². The van der Waals surface area contributed by atoms with Gasteiger partial charge in [-0.15, -0.1) is 0 Å². The maximum atomic E-state index is 13.1. The van der Waals surface area contributed by atoms with Crippen LogP contribution < -0.4 is 19.7 Å². The molecule has 8 heteroatoms. The van der Waals surface area contributed by atoms with Gasteiger partial charge >= 0.3 is 0 Å². The number of hydrogen-bond donors (Lipinski definition) is 1. The van der Waals surface area contributed by atoms with E-state index in [9.17, 15) is 9.59 Å². The second-order valence-electron chi connectivity index (χ2n) is 8.45. The van der Waals surface area contributed by atoms with Gasteiger partial charge in [0.15, 0.2) is 11.5 Å². The fourth-order valence-corrected chi connectivity index (χ4v) is 4.51. The summed E-state index contributed by atoms with van der Waals surface area (Å²) in [5.74, 6) is 0.916. The summed E-state index contributed by atoms with van der Waals surface area (Å²) in [7, 11) is 3.11. The van der Waals surface area contributed by atoms with Gasteiger partial charge in [-0.3, -0.25) is 9.59 Å². The van der Waals surface area contributed by atoms with E-state index in [1.165, 1.54) is 0 Å². The number of carbonyl (C=O) groups is 2. The van der Waals surface area contributed by atoms with Crippen LogP contribution in [-0.2, 0) is 16.1 Å². The minimum Gasteiger partial charge on any atom is -0.493 e. The van der Waals surface area contributed by atoms with Gasteiger partial charge in [-0.25, -0.2) is 4.68 Å². The Bertz CT molecular complexity index is 1390. The molecule has 0 saturated carbocycles. The van der Waals surface area contributed by atoms with Crippen LogP contribution in [0.3, 0.4) is 0 Å². The highest BCUT2D eigenvalue weighted by molar-refractivity contribution is 6.03. The van der Waals surface area contributed by atoms with Crippen molar-refractivity contribution in [2.75, 3.05) is 31.0 Å². The van der Waals surface area contributed by atoms with Crippen molar-refractivity contribution in [3.63, 3.8) is 0 Å². The number of hydrogen-bond acceptors (Lipinski definition) is 5. The minimum atomic E-state index is -0.475. The summed E-state index contributed by atoms with van der Waals surface area (Å²) < 4.78 is 12.4. The summed E-state index contributed by atoms with van der Waals surface area (Å²) in [6, 6.07) is 21.4. The van der Waals surface area contributed by atoms with E-state index in [0.29, 0.717) is 29.5 Å². The van der Waals surface area contributed by atoms with Crippen LogP contribution in [0, 0.1) is 5.92 Å². The highest BCUT2D eigenvalue weighted by Gasteiger charge is 2.35. The quantitative estimate of drug-likeness (QED) is 0.440. The number of fused-ring (bicyclic) bond motifs is 1. The Morgan fingerprint density at radius 2 is 1.83 bits per heavy atom. The number of amides is 2. The van der Waals surface area contributed by atoms with E-state index in [0.717, 1.165) is 16.3 Å². The molecule has 2 amide bonds. The molecule has 0 bridgehead atoms. The van der Waals surface area contributed by atoms with Crippen molar-refractivity contribution >= 4 is 34.1 Å². The highest BCUT2D eigenvalue weighted by Crippen LogP contribution is 2.34. The Morgan fingerprint density at radius 1 is 1.03 bits per heavy atom. The van der Waals surface area contributed by atoms with Crippen molar-refractivity contribution in [1.82, 2.24) is 9.78 Å². The Hall–Kier alpha value is -4.33. The standard InChI is InChI=1S/C27H26N4O4/c1-34-23-11-10-21(15-24(23)35-2)30-16-20(14-26(30)32)27(33)29-25-12-13-28-31(25)17-19-8-5-7-18-6-3-4-9-22(18)19/h3-13,15,20H,14,16-17H2,1-2H3,(H,29,33). The van der Waals surface area contributed by atoms with Crippen LogP contribution in [-0.4, -0.2) is 42.4 Å². The van der Waals surface area contributed by atoms with Crippen LogP contribution in [0.1, 0.15) is 12.0 Å². The van der Waals surface area contributed by atoms with Crippen LogP contribution in [0.5, 0.6) is 11.5 Å². The molecule has 178 valence electrons. The molecule has 0 spiro atoms. The predicted molar refractivity (Wildman–Crippen MR) is 134 cm³/mol. The zero-order chi connectivity index (χ0) is 24.4. The number of nitrogens with one attached hydrogen (secondary N) is 1. The second-order valence-corrected chi connectivity index (χ2v) is 8.45. The number of benzene rings is 3. The van der Waals surface area contributed by atoms with Gasteiger partial charge in [-0.2, -0.15) is 5.10 Å². The Kier molecular flexibility index (Phi) is 6.10. The first-order chi connectivity index (χ1) is 17.1. The van der Waals surface area contributed by atoms with Gasteiger partial charge in [0, 0.05) is 30.8 Å². The van der Waals surface area contributed by atoms with Crippen LogP contribution >= 0.6 is 0 Å².